The normalized spacial score (nSPS) is 17.1. The molecule has 5 nitrogen and oxygen atoms in total. The van der Waals surface area contributed by atoms with Gasteiger partial charge in [0.2, 0.25) is 0 Å². The molecule has 1 saturated heterocycles. The molecule has 0 aliphatic carbocycles. The Kier molecular flexibility index (Phi) is 7.48. The summed E-state index contributed by atoms with van der Waals surface area (Å²) in [6, 6.07) is 2.71. The van der Waals surface area contributed by atoms with Crippen LogP contribution in [-0.2, 0) is 18.5 Å². The Balaban J connectivity index is 1.50. The Hall–Kier alpha value is -1.44. The number of hydrogen-bond acceptors (Lipinski definition) is 5. The lowest BCUT2D eigenvalue weighted by Gasteiger charge is -2.32. The van der Waals surface area contributed by atoms with Crippen molar-refractivity contribution in [1.29, 1.82) is 0 Å². The number of thiazole rings is 1. The second-order valence-electron chi connectivity index (χ2n) is 8.40. The van der Waals surface area contributed by atoms with Gasteiger partial charge in [0.05, 0.1) is 12.2 Å². The lowest BCUT2D eigenvalue weighted by atomic mass is 9.93. The largest absolute Gasteiger partial charge is 0.357 e. The van der Waals surface area contributed by atoms with Crippen LogP contribution in [-0.4, -0.2) is 41.5 Å². The standard InChI is InChI=1S/C21H33N5S2/c1-5-22-20(23-12-19-25-18(15-28-19)21(2,3)4)24-17-6-9-26(10-7-17)13-16-8-11-27-14-16/h8,11,14-15,17H,5-7,9-10,12-13H2,1-4H3,(H2,22,23,24). The molecule has 7 heteroatoms. The third-order valence-corrected chi connectivity index (χ3v) is 6.52. The van der Waals surface area contributed by atoms with Crippen molar-refractivity contribution < 1.29 is 0 Å². The maximum Gasteiger partial charge on any atom is 0.191 e. The first kappa shape index (κ1) is 21.3. The minimum Gasteiger partial charge on any atom is -0.357 e. The molecule has 0 amide bonds. The van der Waals surface area contributed by atoms with Crippen LogP contribution in [0.3, 0.4) is 0 Å². The van der Waals surface area contributed by atoms with Gasteiger partial charge in [0.15, 0.2) is 5.96 Å². The van der Waals surface area contributed by atoms with Crippen molar-refractivity contribution in [2.75, 3.05) is 19.6 Å². The van der Waals surface area contributed by atoms with Crippen LogP contribution in [0.2, 0.25) is 0 Å². The number of piperidine rings is 1. The first-order valence-electron chi connectivity index (χ1n) is 10.2. The number of aromatic nitrogens is 1. The molecule has 3 heterocycles. The average molecular weight is 420 g/mol. The van der Waals surface area contributed by atoms with Crippen LogP contribution in [0.1, 0.15) is 56.8 Å². The molecule has 1 aliphatic heterocycles. The number of thiophene rings is 1. The Morgan fingerprint density at radius 2 is 2.07 bits per heavy atom. The third-order valence-electron chi connectivity index (χ3n) is 4.95. The summed E-state index contributed by atoms with van der Waals surface area (Å²) >= 11 is 3.49. The molecule has 2 N–H and O–H groups in total. The smallest absolute Gasteiger partial charge is 0.191 e. The van der Waals surface area contributed by atoms with E-state index in [4.69, 9.17) is 9.98 Å². The molecule has 2 aromatic heterocycles. The van der Waals surface area contributed by atoms with Crippen molar-refractivity contribution in [2.24, 2.45) is 4.99 Å². The van der Waals surface area contributed by atoms with Crippen LogP contribution in [0.4, 0.5) is 0 Å². The summed E-state index contributed by atoms with van der Waals surface area (Å²) in [4.78, 5) is 12.1. The van der Waals surface area contributed by atoms with E-state index in [-0.39, 0.29) is 5.41 Å². The van der Waals surface area contributed by atoms with Gasteiger partial charge in [-0.15, -0.1) is 11.3 Å². The summed E-state index contributed by atoms with van der Waals surface area (Å²) in [5, 5.41) is 14.7. The molecule has 0 aromatic carbocycles. The fourth-order valence-corrected chi connectivity index (χ4v) is 4.87. The van der Waals surface area contributed by atoms with E-state index in [1.165, 1.54) is 5.56 Å². The van der Waals surface area contributed by atoms with Gasteiger partial charge in [0.25, 0.3) is 0 Å². The van der Waals surface area contributed by atoms with Gasteiger partial charge in [-0.25, -0.2) is 9.98 Å². The van der Waals surface area contributed by atoms with Gasteiger partial charge in [0.1, 0.15) is 5.01 Å². The second kappa shape index (κ2) is 9.85. The molecule has 0 spiro atoms. The van der Waals surface area contributed by atoms with E-state index in [0.29, 0.717) is 12.6 Å². The van der Waals surface area contributed by atoms with E-state index in [9.17, 15) is 0 Å². The van der Waals surface area contributed by atoms with Crippen molar-refractivity contribution in [3.63, 3.8) is 0 Å². The zero-order valence-electron chi connectivity index (χ0n) is 17.5. The topological polar surface area (TPSA) is 52.6 Å². The van der Waals surface area contributed by atoms with Crippen molar-refractivity contribution in [1.82, 2.24) is 20.5 Å². The molecule has 154 valence electrons. The van der Waals surface area contributed by atoms with Gasteiger partial charge in [-0.05, 0) is 42.2 Å². The highest BCUT2D eigenvalue weighted by Crippen LogP contribution is 2.24. The molecule has 0 radical (unpaired) electrons. The van der Waals surface area contributed by atoms with Gasteiger partial charge in [-0.3, -0.25) is 4.90 Å². The number of aliphatic imine (C=N–C) groups is 1. The van der Waals surface area contributed by atoms with Gasteiger partial charge in [0, 0.05) is 43.0 Å². The zero-order chi connectivity index (χ0) is 20.0. The van der Waals surface area contributed by atoms with Crippen molar-refractivity contribution in [3.8, 4) is 0 Å². The van der Waals surface area contributed by atoms with E-state index < -0.39 is 0 Å². The predicted octanol–water partition coefficient (Wildman–Crippen LogP) is 4.22. The molecule has 0 unspecified atom stereocenters. The number of nitrogens with one attached hydrogen (secondary N) is 2. The van der Waals surface area contributed by atoms with E-state index in [0.717, 1.165) is 55.7 Å². The van der Waals surface area contributed by atoms with Gasteiger partial charge in [-0.1, -0.05) is 20.8 Å². The number of hydrogen-bond donors (Lipinski definition) is 2. The maximum atomic E-state index is 4.78. The molecular weight excluding hydrogens is 386 g/mol. The Labute approximate surface area is 177 Å². The minimum absolute atomic E-state index is 0.0954. The lowest BCUT2D eigenvalue weighted by molar-refractivity contribution is 0.198. The quantitative estimate of drug-likeness (QED) is 0.544. The molecule has 0 saturated carbocycles. The summed E-state index contributed by atoms with van der Waals surface area (Å²) < 4.78 is 0. The number of nitrogens with zero attached hydrogens (tertiary/aromatic N) is 3. The molecule has 3 rings (SSSR count). The fraction of sp³-hybridized carbons (Fsp3) is 0.619. The number of rotatable bonds is 6. The molecule has 0 atom stereocenters. The summed E-state index contributed by atoms with van der Waals surface area (Å²) in [5.41, 5.74) is 2.68. The van der Waals surface area contributed by atoms with Crippen molar-refractivity contribution in [2.45, 2.75) is 65.1 Å². The van der Waals surface area contributed by atoms with Crippen LogP contribution in [0.25, 0.3) is 0 Å². The summed E-state index contributed by atoms with van der Waals surface area (Å²) in [6.45, 7) is 13.6. The summed E-state index contributed by atoms with van der Waals surface area (Å²) in [7, 11) is 0. The Bertz CT molecular complexity index is 737. The van der Waals surface area contributed by atoms with E-state index in [2.05, 4.69) is 65.4 Å². The highest BCUT2D eigenvalue weighted by Gasteiger charge is 2.20. The fourth-order valence-electron chi connectivity index (χ4n) is 3.26. The van der Waals surface area contributed by atoms with Crippen molar-refractivity contribution >= 4 is 28.6 Å². The van der Waals surface area contributed by atoms with Gasteiger partial charge in [-0.2, -0.15) is 11.3 Å². The minimum atomic E-state index is 0.0954. The molecule has 0 bridgehead atoms. The number of likely N-dealkylation sites (tertiary alicyclic amines) is 1. The van der Waals surface area contributed by atoms with Crippen LogP contribution in [0.15, 0.2) is 27.2 Å². The summed E-state index contributed by atoms with van der Waals surface area (Å²) in [6.07, 6.45) is 2.31. The van der Waals surface area contributed by atoms with E-state index >= 15 is 0 Å². The first-order chi connectivity index (χ1) is 13.4. The Morgan fingerprint density at radius 1 is 1.29 bits per heavy atom. The molecule has 2 aromatic rings. The van der Waals surface area contributed by atoms with Crippen molar-refractivity contribution in [3.05, 3.63) is 38.5 Å². The zero-order valence-corrected chi connectivity index (χ0v) is 19.1. The van der Waals surface area contributed by atoms with Gasteiger partial charge < -0.3 is 10.6 Å². The molecular formula is C21H33N5S2. The Morgan fingerprint density at radius 3 is 2.68 bits per heavy atom. The first-order valence-corrected chi connectivity index (χ1v) is 12.0. The van der Waals surface area contributed by atoms with E-state index in [1.807, 2.05) is 0 Å². The summed E-state index contributed by atoms with van der Waals surface area (Å²) in [5.74, 6) is 0.909. The molecule has 1 fully saturated rings. The number of guanidine groups is 1. The average Bonchev–Trinajstić information content (AvgIpc) is 3.33. The maximum absolute atomic E-state index is 4.78. The highest BCUT2D eigenvalue weighted by molar-refractivity contribution is 7.09. The van der Waals surface area contributed by atoms with Gasteiger partial charge >= 0.3 is 0 Å². The predicted molar refractivity (Wildman–Crippen MR) is 121 cm³/mol. The van der Waals surface area contributed by atoms with Crippen LogP contribution < -0.4 is 10.6 Å². The third kappa shape index (κ3) is 6.29. The highest BCUT2D eigenvalue weighted by atomic mass is 32.1. The molecule has 1 aliphatic rings. The monoisotopic (exact) mass is 419 g/mol. The second-order valence-corrected chi connectivity index (χ2v) is 10.1. The van der Waals surface area contributed by atoms with E-state index in [1.54, 1.807) is 22.7 Å². The van der Waals surface area contributed by atoms with Crippen LogP contribution >= 0.6 is 22.7 Å². The lowest BCUT2D eigenvalue weighted by Crippen LogP contribution is -2.48. The molecule has 28 heavy (non-hydrogen) atoms. The van der Waals surface area contributed by atoms with Crippen LogP contribution in [0.5, 0.6) is 0 Å². The SMILES string of the molecule is CCNC(=NCc1nc(C(C)(C)C)cs1)NC1CCN(Cc2ccsc2)CC1. The van der Waals surface area contributed by atoms with Crippen LogP contribution in [0, 0.1) is 0 Å².